The highest BCUT2D eigenvalue weighted by Gasteiger charge is 2.36. The summed E-state index contributed by atoms with van der Waals surface area (Å²) in [5.41, 5.74) is 4.00. The molecule has 2 amide bonds. The number of nitriles is 1. The van der Waals surface area contributed by atoms with Crippen LogP contribution < -0.4 is 5.32 Å². The van der Waals surface area contributed by atoms with Crippen molar-refractivity contribution in [2.24, 2.45) is 0 Å². The van der Waals surface area contributed by atoms with E-state index in [1.807, 2.05) is 15.9 Å². The second kappa shape index (κ2) is 8.06. The zero-order chi connectivity index (χ0) is 22.4. The van der Waals surface area contributed by atoms with E-state index < -0.39 is 0 Å². The number of nitrogens with zero attached hydrogens (tertiary/aromatic N) is 5. The predicted octanol–water partition coefficient (Wildman–Crippen LogP) is 2.55. The third kappa shape index (κ3) is 3.67. The smallest absolute Gasteiger partial charge is 0.257 e. The first-order chi connectivity index (χ1) is 15.4. The van der Waals surface area contributed by atoms with Gasteiger partial charge in [-0.15, -0.1) is 0 Å². The summed E-state index contributed by atoms with van der Waals surface area (Å²) in [6, 6.07) is 6.03. The SMILES string of the molecule is CC(=O)N1CCC(N2Cc3nc(NC4Cc5cc(Cl)cc(C#N)c5C4)ncc3C2=O)CC1. The van der Waals surface area contributed by atoms with Crippen molar-refractivity contribution < 1.29 is 9.59 Å². The van der Waals surface area contributed by atoms with Gasteiger partial charge in [0.1, 0.15) is 0 Å². The lowest BCUT2D eigenvalue weighted by atomic mass is 10.0. The monoisotopic (exact) mass is 450 g/mol. The Hall–Kier alpha value is -3.18. The molecule has 2 aromatic rings. The van der Waals surface area contributed by atoms with E-state index in [0.717, 1.165) is 36.1 Å². The number of amides is 2. The number of carbonyl (C=O) groups is 2. The maximum atomic E-state index is 12.9. The van der Waals surface area contributed by atoms with Gasteiger partial charge in [0.2, 0.25) is 11.9 Å². The maximum Gasteiger partial charge on any atom is 0.257 e. The van der Waals surface area contributed by atoms with Gasteiger partial charge in [0.15, 0.2) is 0 Å². The van der Waals surface area contributed by atoms with Gasteiger partial charge in [-0.2, -0.15) is 5.26 Å². The summed E-state index contributed by atoms with van der Waals surface area (Å²) < 4.78 is 0. The molecule has 1 N–H and O–H groups in total. The van der Waals surface area contributed by atoms with E-state index in [9.17, 15) is 14.9 Å². The zero-order valence-corrected chi connectivity index (χ0v) is 18.5. The number of fused-ring (bicyclic) bond motifs is 2. The lowest BCUT2D eigenvalue weighted by Crippen LogP contribution is -2.46. The largest absolute Gasteiger partial charge is 0.351 e. The van der Waals surface area contributed by atoms with Gasteiger partial charge in [0.05, 0.1) is 29.4 Å². The molecule has 1 unspecified atom stereocenters. The molecule has 0 bridgehead atoms. The molecule has 0 saturated carbocycles. The molecule has 164 valence electrons. The molecule has 0 spiro atoms. The van der Waals surface area contributed by atoms with Crippen LogP contribution in [0.1, 0.15) is 52.5 Å². The first-order valence-electron chi connectivity index (χ1n) is 10.8. The van der Waals surface area contributed by atoms with Crippen molar-refractivity contribution in [2.45, 2.75) is 51.2 Å². The van der Waals surface area contributed by atoms with Crippen LogP contribution in [0.2, 0.25) is 5.02 Å². The number of aromatic nitrogens is 2. The molecule has 1 atom stereocenters. The Morgan fingerprint density at radius 1 is 1.28 bits per heavy atom. The van der Waals surface area contributed by atoms with E-state index in [0.29, 0.717) is 48.2 Å². The molecule has 3 aliphatic rings. The Labute approximate surface area is 191 Å². The average Bonchev–Trinajstić information content (AvgIpc) is 3.33. The number of anilines is 1. The quantitative estimate of drug-likeness (QED) is 0.770. The van der Waals surface area contributed by atoms with Crippen molar-refractivity contribution in [3.8, 4) is 6.07 Å². The Morgan fingerprint density at radius 2 is 2.06 bits per heavy atom. The van der Waals surface area contributed by atoms with Gasteiger partial charge in [-0.05, 0) is 48.9 Å². The van der Waals surface area contributed by atoms with E-state index in [1.165, 1.54) is 0 Å². The van der Waals surface area contributed by atoms with Crippen LogP contribution >= 0.6 is 11.6 Å². The van der Waals surface area contributed by atoms with E-state index in [-0.39, 0.29) is 23.9 Å². The van der Waals surface area contributed by atoms with Crippen LogP contribution in [0.15, 0.2) is 18.3 Å². The van der Waals surface area contributed by atoms with Crippen LogP contribution in [0.4, 0.5) is 5.95 Å². The van der Waals surface area contributed by atoms with Gasteiger partial charge in [-0.1, -0.05) is 11.6 Å². The van der Waals surface area contributed by atoms with Gasteiger partial charge in [0, 0.05) is 43.3 Å². The first kappa shape index (κ1) is 20.7. The minimum Gasteiger partial charge on any atom is -0.351 e. The second-order valence-electron chi connectivity index (χ2n) is 8.68. The van der Waals surface area contributed by atoms with Crippen LogP contribution in [0, 0.1) is 11.3 Å². The highest BCUT2D eigenvalue weighted by atomic mass is 35.5. The Morgan fingerprint density at radius 3 is 2.78 bits per heavy atom. The summed E-state index contributed by atoms with van der Waals surface area (Å²) >= 11 is 6.14. The van der Waals surface area contributed by atoms with E-state index in [4.69, 9.17) is 11.6 Å². The normalized spacial score (nSPS) is 20.2. The van der Waals surface area contributed by atoms with Gasteiger partial charge in [-0.3, -0.25) is 9.59 Å². The van der Waals surface area contributed by atoms with Gasteiger partial charge >= 0.3 is 0 Å². The van der Waals surface area contributed by atoms with Crippen molar-refractivity contribution in [1.29, 1.82) is 5.26 Å². The van der Waals surface area contributed by atoms with Gasteiger partial charge < -0.3 is 15.1 Å². The van der Waals surface area contributed by atoms with Crippen molar-refractivity contribution >= 4 is 29.4 Å². The summed E-state index contributed by atoms with van der Waals surface area (Å²) in [5, 5.41) is 13.3. The highest BCUT2D eigenvalue weighted by Crippen LogP contribution is 2.31. The van der Waals surface area contributed by atoms with Crippen molar-refractivity contribution in [3.63, 3.8) is 0 Å². The number of piperidine rings is 1. The number of halogens is 1. The Balaban J connectivity index is 1.27. The van der Waals surface area contributed by atoms with Crippen LogP contribution in [-0.4, -0.2) is 56.8 Å². The molecule has 8 nitrogen and oxygen atoms in total. The molecule has 2 aliphatic heterocycles. The molecule has 1 fully saturated rings. The van der Waals surface area contributed by atoms with E-state index in [1.54, 1.807) is 19.2 Å². The maximum absolute atomic E-state index is 12.9. The molecule has 5 rings (SSSR count). The summed E-state index contributed by atoms with van der Waals surface area (Å²) in [7, 11) is 0. The standard InChI is InChI=1S/C23H23ClN6O2/c1-13(31)29-4-2-18(3-5-29)30-12-21-20(22(30)32)11-26-23(28-21)27-17-8-14-6-16(24)7-15(10-25)19(14)9-17/h6-7,11,17-18H,2-5,8-9,12H2,1H3,(H,26,27,28). The number of hydrogen-bond acceptors (Lipinski definition) is 6. The number of likely N-dealkylation sites (tertiary alicyclic amines) is 1. The summed E-state index contributed by atoms with van der Waals surface area (Å²) in [6.07, 6.45) is 4.61. The van der Waals surface area contributed by atoms with Gasteiger partial charge in [-0.25, -0.2) is 9.97 Å². The molecule has 0 radical (unpaired) electrons. The van der Waals surface area contributed by atoms with E-state index in [2.05, 4.69) is 21.4 Å². The second-order valence-corrected chi connectivity index (χ2v) is 9.11. The molecule has 3 heterocycles. The molecular formula is C23H23ClN6O2. The van der Waals surface area contributed by atoms with Crippen molar-refractivity contribution in [3.05, 3.63) is 51.3 Å². The third-order valence-electron chi connectivity index (χ3n) is 6.71. The Kier molecular flexibility index (Phi) is 5.22. The number of hydrogen-bond donors (Lipinski definition) is 1. The molecule has 1 aromatic heterocycles. The van der Waals surface area contributed by atoms with Crippen LogP contribution in [-0.2, 0) is 24.2 Å². The van der Waals surface area contributed by atoms with Crippen molar-refractivity contribution in [1.82, 2.24) is 19.8 Å². The fourth-order valence-corrected chi connectivity index (χ4v) is 5.29. The lowest BCUT2D eigenvalue weighted by molar-refractivity contribution is -0.130. The first-order valence-corrected chi connectivity index (χ1v) is 11.2. The van der Waals surface area contributed by atoms with E-state index >= 15 is 0 Å². The van der Waals surface area contributed by atoms with Crippen LogP contribution in [0.3, 0.4) is 0 Å². The summed E-state index contributed by atoms with van der Waals surface area (Å²) in [6.45, 7) is 3.40. The molecule has 9 heteroatoms. The molecular weight excluding hydrogens is 428 g/mol. The molecule has 1 aliphatic carbocycles. The average molecular weight is 451 g/mol. The molecule has 1 aromatic carbocycles. The summed E-state index contributed by atoms with van der Waals surface area (Å²) in [5.74, 6) is 0.543. The third-order valence-corrected chi connectivity index (χ3v) is 6.93. The molecule has 1 saturated heterocycles. The number of rotatable bonds is 3. The molecule has 32 heavy (non-hydrogen) atoms. The van der Waals surface area contributed by atoms with Crippen LogP contribution in [0.25, 0.3) is 0 Å². The predicted molar refractivity (Wildman–Crippen MR) is 118 cm³/mol. The van der Waals surface area contributed by atoms with Crippen molar-refractivity contribution in [2.75, 3.05) is 18.4 Å². The number of nitrogens with one attached hydrogen (secondary N) is 1. The Bertz CT molecular complexity index is 1150. The van der Waals surface area contributed by atoms with Gasteiger partial charge in [0.25, 0.3) is 5.91 Å². The topological polar surface area (TPSA) is 102 Å². The fourth-order valence-electron chi connectivity index (χ4n) is 5.05. The van der Waals surface area contributed by atoms with Crippen LogP contribution in [0.5, 0.6) is 0 Å². The lowest BCUT2D eigenvalue weighted by Gasteiger charge is -2.36. The fraction of sp³-hybridized carbons (Fsp3) is 0.435. The number of benzene rings is 1. The zero-order valence-electron chi connectivity index (χ0n) is 17.8. The number of carbonyl (C=O) groups excluding carboxylic acids is 2. The minimum absolute atomic E-state index is 0.0330. The minimum atomic E-state index is -0.0330. The summed E-state index contributed by atoms with van der Waals surface area (Å²) in [4.78, 5) is 37.2. The highest BCUT2D eigenvalue weighted by molar-refractivity contribution is 6.30.